The zero-order valence-electron chi connectivity index (χ0n) is 10.3. The predicted molar refractivity (Wildman–Crippen MR) is 63.8 cm³/mol. The number of sulfonamides is 1. The zero-order chi connectivity index (χ0) is 12.6. The smallest absolute Gasteiger partial charge is 0.242 e. The van der Waals surface area contributed by atoms with Crippen LogP contribution in [0.2, 0.25) is 0 Å². The van der Waals surface area contributed by atoms with Crippen molar-refractivity contribution in [1.29, 1.82) is 0 Å². The summed E-state index contributed by atoms with van der Waals surface area (Å²) in [6.45, 7) is 9.02. The van der Waals surface area contributed by atoms with E-state index in [1.165, 1.54) is 6.20 Å². The summed E-state index contributed by atoms with van der Waals surface area (Å²) in [4.78, 5) is 4.26. The van der Waals surface area contributed by atoms with Crippen molar-refractivity contribution in [2.24, 2.45) is 0 Å². The number of aromatic nitrogens is 1. The molecule has 0 fully saturated rings. The molecule has 1 N–H and O–H groups in total. The lowest BCUT2D eigenvalue weighted by Gasteiger charge is -2.21. The highest BCUT2D eigenvalue weighted by Crippen LogP contribution is 2.16. The van der Waals surface area contributed by atoms with Crippen LogP contribution in [0, 0.1) is 13.8 Å². The molecule has 5 heteroatoms. The molecule has 0 aromatic carbocycles. The second-order valence-corrected chi connectivity index (χ2v) is 6.60. The van der Waals surface area contributed by atoms with Crippen molar-refractivity contribution in [3.05, 3.63) is 23.5 Å². The maximum atomic E-state index is 12.0. The van der Waals surface area contributed by atoms with E-state index in [2.05, 4.69) is 9.71 Å². The van der Waals surface area contributed by atoms with Gasteiger partial charge in [0.15, 0.2) is 0 Å². The topological polar surface area (TPSA) is 59.1 Å². The molecular formula is C11H18N2O2S. The van der Waals surface area contributed by atoms with Crippen LogP contribution < -0.4 is 4.72 Å². The lowest BCUT2D eigenvalue weighted by molar-refractivity contribution is 0.491. The van der Waals surface area contributed by atoms with Crippen molar-refractivity contribution in [3.63, 3.8) is 0 Å². The zero-order valence-corrected chi connectivity index (χ0v) is 11.1. The van der Waals surface area contributed by atoms with Gasteiger partial charge in [-0.2, -0.15) is 0 Å². The highest BCUT2D eigenvalue weighted by molar-refractivity contribution is 7.89. The van der Waals surface area contributed by atoms with Crippen molar-refractivity contribution < 1.29 is 8.42 Å². The monoisotopic (exact) mass is 242 g/mol. The quantitative estimate of drug-likeness (QED) is 0.860. The van der Waals surface area contributed by atoms with Gasteiger partial charge in [0.05, 0.1) is 0 Å². The molecule has 0 spiro atoms. The number of hydrogen-bond acceptors (Lipinski definition) is 3. The van der Waals surface area contributed by atoms with Gasteiger partial charge >= 0.3 is 0 Å². The molecular weight excluding hydrogens is 224 g/mol. The van der Waals surface area contributed by atoms with Gasteiger partial charge in [0, 0.05) is 17.4 Å². The minimum Gasteiger partial charge on any atom is -0.260 e. The number of aryl methyl sites for hydroxylation is 2. The summed E-state index contributed by atoms with van der Waals surface area (Å²) in [5, 5.41) is 0. The van der Waals surface area contributed by atoms with E-state index in [1.807, 2.05) is 27.7 Å². The lowest BCUT2D eigenvalue weighted by Crippen LogP contribution is -2.40. The molecule has 0 radical (unpaired) electrons. The molecule has 1 rings (SSSR count). The summed E-state index contributed by atoms with van der Waals surface area (Å²) in [6.07, 6.45) is 1.40. The SMILES string of the molecule is Cc1cc(C)c(S(=O)(=O)NC(C)(C)C)cn1. The molecule has 0 aliphatic rings. The first-order valence-corrected chi connectivity index (χ1v) is 6.57. The Balaban J connectivity index is 3.18. The average Bonchev–Trinajstić information content (AvgIpc) is 1.97. The molecule has 0 amide bonds. The lowest BCUT2D eigenvalue weighted by atomic mass is 10.1. The van der Waals surface area contributed by atoms with Gasteiger partial charge in [-0.1, -0.05) is 0 Å². The van der Waals surface area contributed by atoms with Crippen LogP contribution in [0.3, 0.4) is 0 Å². The first kappa shape index (κ1) is 13.1. The third kappa shape index (κ3) is 3.28. The highest BCUT2D eigenvalue weighted by Gasteiger charge is 2.23. The molecule has 1 aromatic rings. The van der Waals surface area contributed by atoms with Crippen LogP contribution in [-0.4, -0.2) is 18.9 Å². The van der Waals surface area contributed by atoms with Crippen LogP contribution in [0.1, 0.15) is 32.0 Å². The minimum atomic E-state index is -3.48. The van der Waals surface area contributed by atoms with E-state index in [9.17, 15) is 8.42 Å². The third-order valence-electron chi connectivity index (χ3n) is 1.93. The van der Waals surface area contributed by atoms with Crippen LogP contribution >= 0.6 is 0 Å². The van der Waals surface area contributed by atoms with Crippen LogP contribution in [-0.2, 0) is 10.0 Å². The molecule has 1 aromatic heterocycles. The Labute approximate surface area is 97.2 Å². The van der Waals surface area contributed by atoms with Crippen LogP contribution in [0.15, 0.2) is 17.2 Å². The van der Waals surface area contributed by atoms with Gasteiger partial charge in [-0.05, 0) is 46.2 Å². The molecule has 0 aliphatic heterocycles. The second kappa shape index (κ2) is 4.14. The summed E-state index contributed by atoms with van der Waals surface area (Å²) in [5.74, 6) is 0. The van der Waals surface area contributed by atoms with E-state index in [1.54, 1.807) is 13.0 Å². The van der Waals surface area contributed by atoms with Crippen LogP contribution in [0.5, 0.6) is 0 Å². The number of pyridine rings is 1. The Kier molecular flexibility index (Phi) is 3.40. The van der Waals surface area contributed by atoms with Gasteiger partial charge in [-0.15, -0.1) is 0 Å². The Morgan fingerprint density at radius 1 is 1.25 bits per heavy atom. The standard InChI is InChI=1S/C11H18N2O2S/c1-8-6-9(2)12-7-10(8)16(14,15)13-11(3,4)5/h6-7,13H,1-5H3. The molecule has 0 aliphatic carbocycles. The number of nitrogens with one attached hydrogen (secondary N) is 1. The fourth-order valence-corrected chi connectivity index (χ4v) is 3.01. The van der Waals surface area contributed by atoms with Crippen LogP contribution in [0.4, 0.5) is 0 Å². The third-order valence-corrected chi connectivity index (χ3v) is 3.82. The van der Waals surface area contributed by atoms with Gasteiger partial charge in [0.1, 0.15) is 4.90 Å². The summed E-state index contributed by atoms with van der Waals surface area (Å²) >= 11 is 0. The molecule has 0 atom stereocenters. The van der Waals surface area contributed by atoms with Gasteiger partial charge < -0.3 is 0 Å². The molecule has 90 valence electrons. The van der Waals surface area contributed by atoms with E-state index in [-0.39, 0.29) is 4.90 Å². The predicted octanol–water partition coefficient (Wildman–Crippen LogP) is 1.78. The second-order valence-electron chi connectivity index (χ2n) is 4.95. The average molecular weight is 242 g/mol. The molecule has 4 nitrogen and oxygen atoms in total. The van der Waals surface area contributed by atoms with Crippen molar-refractivity contribution in [1.82, 2.24) is 9.71 Å². The van der Waals surface area contributed by atoms with Gasteiger partial charge in [-0.3, -0.25) is 4.98 Å². The Hall–Kier alpha value is -0.940. The Morgan fingerprint density at radius 3 is 2.25 bits per heavy atom. The fourth-order valence-electron chi connectivity index (χ4n) is 1.42. The largest absolute Gasteiger partial charge is 0.260 e. The summed E-state index contributed by atoms with van der Waals surface area (Å²) < 4.78 is 26.7. The first-order valence-electron chi connectivity index (χ1n) is 5.09. The van der Waals surface area contributed by atoms with E-state index in [0.29, 0.717) is 5.56 Å². The maximum Gasteiger partial charge on any atom is 0.242 e. The highest BCUT2D eigenvalue weighted by atomic mass is 32.2. The van der Waals surface area contributed by atoms with Gasteiger partial charge in [0.2, 0.25) is 10.0 Å². The van der Waals surface area contributed by atoms with Gasteiger partial charge in [-0.25, -0.2) is 13.1 Å². The summed E-state index contributed by atoms with van der Waals surface area (Å²) in [5.41, 5.74) is 1.03. The minimum absolute atomic E-state index is 0.244. The number of hydrogen-bond donors (Lipinski definition) is 1. The van der Waals surface area contributed by atoms with E-state index >= 15 is 0 Å². The molecule has 0 unspecified atom stereocenters. The Morgan fingerprint density at radius 2 is 1.81 bits per heavy atom. The van der Waals surface area contributed by atoms with Crippen molar-refractivity contribution in [2.45, 2.75) is 45.1 Å². The fraction of sp³-hybridized carbons (Fsp3) is 0.545. The molecule has 1 heterocycles. The van der Waals surface area contributed by atoms with Crippen molar-refractivity contribution in [3.8, 4) is 0 Å². The van der Waals surface area contributed by atoms with Gasteiger partial charge in [0.25, 0.3) is 0 Å². The van der Waals surface area contributed by atoms with Crippen molar-refractivity contribution in [2.75, 3.05) is 0 Å². The molecule has 0 saturated carbocycles. The first-order chi connectivity index (χ1) is 7.12. The molecule has 0 saturated heterocycles. The normalized spacial score (nSPS) is 12.8. The van der Waals surface area contributed by atoms with Crippen molar-refractivity contribution >= 4 is 10.0 Å². The Bertz CT molecular complexity index is 487. The van der Waals surface area contributed by atoms with E-state index in [0.717, 1.165) is 5.69 Å². The van der Waals surface area contributed by atoms with E-state index in [4.69, 9.17) is 0 Å². The van der Waals surface area contributed by atoms with E-state index < -0.39 is 15.6 Å². The van der Waals surface area contributed by atoms with Crippen LogP contribution in [0.25, 0.3) is 0 Å². The summed E-state index contributed by atoms with van der Waals surface area (Å²) in [7, 11) is -3.48. The summed E-state index contributed by atoms with van der Waals surface area (Å²) in [6, 6.07) is 1.76. The number of rotatable bonds is 2. The molecule has 0 bridgehead atoms. The maximum absolute atomic E-state index is 12.0. The number of nitrogens with zero attached hydrogens (tertiary/aromatic N) is 1. The molecule has 16 heavy (non-hydrogen) atoms.